The summed E-state index contributed by atoms with van der Waals surface area (Å²) >= 11 is 0. The van der Waals surface area contributed by atoms with E-state index >= 15 is 0 Å². The SMILES string of the molecule is CCOc1ccc(C=NOC(=O)C=Cc2ccccc2)cc1. The summed E-state index contributed by atoms with van der Waals surface area (Å²) in [4.78, 5) is 16.3. The van der Waals surface area contributed by atoms with Gasteiger partial charge in [0, 0.05) is 6.08 Å². The first-order valence-electron chi connectivity index (χ1n) is 6.98. The van der Waals surface area contributed by atoms with Crippen molar-refractivity contribution >= 4 is 18.3 Å². The highest BCUT2D eigenvalue weighted by molar-refractivity contribution is 5.88. The summed E-state index contributed by atoms with van der Waals surface area (Å²) < 4.78 is 5.34. The number of carbonyl (C=O) groups is 1. The van der Waals surface area contributed by atoms with Gasteiger partial charge in [0.1, 0.15) is 5.75 Å². The minimum absolute atomic E-state index is 0.522. The fourth-order valence-corrected chi connectivity index (χ4v) is 1.71. The molecule has 0 aliphatic carbocycles. The topological polar surface area (TPSA) is 47.9 Å². The Hall–Kier alpha value is -2.88. The highest BCUT2D eigenvalue weighted by Crippen LogP contribution is 2.10. The molecule has 0 amide bonds. The van der Waals surface area contributed by atoms with Crippen molar-refractivity contribution in [1.82, 2.24) is 0 Å². The molecule has 0 spiro atoms. The van der Waals surface area contributed by atoms with E-state index in [9.17, 15) is 4.79 Å². The van der Waals surface area contributed by atoms with Crippen LogP contribution in [0.15, 0.2) is 65.8 Å². The molecular weight excluding hydrogens is 278 g/mol. The van der Waals surface area contributed by atoms with Crippen molar-refractivity contribution in [3.63, 3.8) is 0 Å². The van der Waals surface area contributed by atoms with Crippen LogP contribution in [0.5, 0.6) is 5.75 Å². The molecule has 2 rings (SSSR count). The third-order valence-electron chi connectivity index (χ3n) is 2.75. The molecule has 22 heavy (non-hydrogen) atoms. The van der Waals surface area contributed by atoms with Crippen molar-refractivity contribution in [2.24, 2.45) is 5.16 Å². The zero-order valence-corrected chi connectivity index (χ0v) is 12.3. The first-order chi connectivity index (χ1) is 10.8. The molecule has 0 saturated carbocycles. The molecule has 0 heterocycles. The number of carbonyl (C=O) groups excluding carboxylic acids is 1. The summed E-state index contributed by atoms with van der Waals surface area (Å²) in [6, 6.07) is 16.8. The highest BCUT2D eigenvalue weighted by atomic mass is 16.7. The highest BCUT2D eigenvalue weighted by Gasteiger charge is 1.96. The van der Waals surface area contributed by atoms with Gasteiger partial charge in [0.15, 0.2) is 0 Å². The fourth-order valence-electron chi connectivity index (χ4n) is 1.71. The van der Waals surface area contributed by atoms with E-state index in [1.165, 1.54) is 12.3 Å². The Bertz CT molecular complexity index is 646. The number of rotatable bonds is 6. The molecule has 4 nitrogen and oxygen atoms in total. The number of oxime groups is 1. The standard InChI is InChI=1S/C18H17NO3/c1-2-21-17-11-8-16(9-12-17)14-19-22-18(20)13-10-15-6-4-3-5-7-15/h3-14H,2H2,1H3. The summed E-state index contributed by atoms with van der Waals surface area (Å²) in [5, 5.41) is 3.66. The van der Waals surface area contributed by atoms with Gasteiger partial charge in [0.25, 0.3) is 0 Å². The first-order valence-corrected chi connectivity index (χ1v) is 6.98. The Balaban J connectivity index is 1.84. The van der Waals surface area contributed by atoms with Crippen LogP contribution in [0.4, 0.5) is 0 Å². The van der Waals surface area contributed by atoms with E-state index in [1.807, 2.05) is 61.5 Å². The predicted molar refractivity (Wildman–Crippen MR) is 86.8 cm³/mol. The maximum Gasteiger partial charge on any atom is 0.358 e. The van der Waals surface area contributed by atoms with Crippen molar-refractivity contribution in [1.29, 1.82) is 0 Å². The Morgan fingerprint density at radius 2 is 1.77 bits per heavy atom. The van der Waals surface area contributed by atoms with E-state index < -0.39 is 5.97 Å². The predicted octanol–water partition coefficient (Wildman–Crippen LogP) is 3.68. The average Bonchev–Trinajstić information content (AvgIpc) is 2.56. The van der Waals surface area contributed by atoms with E-state index in [4.69, 9.17) is 9.57 Å². The zero-order valence-electron chi connectivity index (χ0n) is 12.3. The van der Waals surface area contributed by atoms with E-state index in [2.05, 4.69) is 5.16 Å². The van der Waals surface area contributed by atoms with Gasteiger partial charge in [-0.1, -0.05) is 35.5 Å². The second-order valence-electron chi connectivity index (χ2n) is 4.39. The molecule has 2 aromatic rings. The van der Waals surface area contributed by atoms with Crippen LogP contribution in [-0.2, 0) is 9.63 Å². The quantitative estimate of drug-likeness (QED) is 0.353. The lowest BCUT2D eigenvalue weighted by Gasteiger charge is -2.01. The molecule has 4 heteroatoms. The third-order valence-corrected chi connectivity index (χ3v) is 2.75. The largest absolute Gasteiger partial charge is 0.494 e. The normalized spacial score (nSPS) is 11.0. The van der Waals surface area contributed by atoms with Crippen LogP contribution in [-0.4, -0.2) is 18.8 Å². The molecular formula is C18H17NO3. The van der Waals surface area contributed by atoms with E-state index in [1.54, 1.807) is 6.08 Å². The first kappa shape index (κ1) is 15.5. The van der Waals surface area contributed by atoms with Crippen LogP contribution in [0.3, 0.4) is 0 Å². The van der Waals surface area contributed by atoms with Crippen LogP contribution < -0.4 is 4.74 Å². The summed E-state index contributed by atoms with van der Waals surface area (Å²) in [5.41, 5.74) is 1.75. The van der Waals surface area contributed by atoms with Gasteiger partial charge in [-0.2, -0.15) is 0 Å². The molecule has 2 aromatic carbocycles. The molecule has 0 N–H and O–H groups in total. The van der Waals surface area contributed by atoms with Crippen LogP contribution in [0.2, 0.25) is 0 Å². The molecule has 0 aliphatic heterocycles. The van der Waals surface area contributed by atoms with Gasteiger partial charge < -0.3 is 9.57 Å². The zero-order chi connectivity index (χ0) is 15.6. The Morgan fingerprint density at radius 1 is 1.05 bits per heavy atom. The van der Waals surface area contributed by atoms with Crippen molar-refractivity contribution in [3.8, 4) is 5.75 Å². The van der Waals surface area contributed by atoms with Gasteiger partial charge in [0.05, 0.1) is 12.8 Å². The van der Waals surface area contributed by atoms with Gasteiger partial charge in [-0.3, -0.25) is 0 Å². The molecule has 112 valence electrons. The molecule has 0 aromatic heterocycles. The van der Waals surface area contributed by atoms with Crippen LogP contribution >= 0.6 is 0 Å². The minimum Gasteiger partial charge on any atom is -0.494 e. The second-order valence-corrected chi connectivity index (χ2v) is 4.39. The number of hydrogen-bond acceptors (Lipinski definition) is 4. The monoisotopic (exact) mass is 295 g/mol. The van der Waals surface area contributed by atoms with Crippen LogP contribution in [0.25, 0.3) is 6.08 Å². The maximum atomic E-state index is 11.5. The van der Waals surface area contributed by atoms with E-state index in [0.717, 1.165) is 16.9 Å². The fraction of sp³-hybridized carbons (Fsp3) is 0.111. The number of hydrogen-bond donors (Lipinski definition) is 0. The van der Waals surface area contributed by atoms with Crippen LogP contribution in [0, 0.1) is 0 Å². The molecule has 0 saturated heterocycles. The summed E-state index contributed by atoms with van der Waals surface area (Å²) in [6.45, 7) is 2.55. The van der Waals surface area contributed by atoms with Gasteiger partial charge in [-0.15, -0.1) is 0 Å². The Morgan fingerprint density at radius 3 is 2.45 bits per heavy atom. The van der Waals surface area contributed by atoms with Gasteiger partial charge in [0.2, 0.25) is 0 Å². The number of benzene rings is 2. The van der Waals surface area contributed by atoms with Crippen molar-refractivity contribution in [3.05, 3.63) is 71.8 Å². The molecule has 0 aliphatic rings. The molecule has 0 bridgehead atoms. The third kappa shape index (κ3) is 5.25. The van der Waals surface area contributed by atoms with Gasteiger partial charge in [-0.05, 0) is 48.4 Å². The van der Waals surface area contributed by atoms with Gasteiger partial charge >= 0.3 is 5.97 Å². The van der Waals surface area contributed by atoms with Crippen LogP contribution in [0.1, 0.15) is 18.1 Å². The van der Waals surface area contributed by atoms with E-state index in [-0.39, 0.29) is 0 Å². The molecule has 0 atom stereocenters. The van der Waals surface area contributed by atoms with Gasteiger partial charge in [-0.25, -0.2) is 4.79 Å². The lowest BCUT2D eigenvalue weighted by molar-refractivity contribution is -0.137. The van der Waals surface area contributed by atoms with E-state index in [0.29, 0.717) is 6.61 Å². The second kappa shape index (κ2) is 8.42. The molecule has 0 unspecified atom stereocenters. The number of ether oxygens (including phenoxy) is 1. The lowest BCUT2D eigenvalue weighted by Crippen LogP contribution is -1.95. The Labute approximate surface area is 129 Å². The lowest BCUT2D eigenvalue weighted by atomic mass is 10.2. The summed E-state index contributed by atoms with van der Waals surface area (Å²) in [6.07, 6.45) is 4.49. The summed E-state index contributed by atoms with van der Waals surface area (Å²) in [7, 11) is 0. The maximum absolute atomic E-state index is 11.5. The summed E-state index contributed by atoms with van der Waals surface area (Å²) in [5.74, 6) is 0.272. The van der Waals surface area contributed by atoms with Crippen molar-refractivity contribution in [2.75, 3.05) is 6.61 Å². The minimum atomic E-state index is -0.522. The molecule has 0 fully saturated rings. The number of nitrogens with zero attached hydrogens (tertiary/aromatic N) is 1. The smallest absolute Gasteiger partial charge is 0.358 e. The average molecular weight is 295 g/mol. The Kier molecular flexibility index (Phi) is 5.93. The molecule has 0 radical (unpaired) electrons. The van der Waals surface area contributed by atoms with Crippen molar-refractivity contribution in [2.45, 2.75) is 6.92 Å². The van der Waals surface area contributed by atoms with Crippen molar-refractivity contribution < 1.29 is 14.4 Å².